The fraction of sp³-hybridized carbons (Fsp3) is 0.529. The van der Waals surface area contributed by atoms with Gasteiger partial charge in [-0.1, -0.05) is 13.8 Å². The molecular formula is C17H24N2O4. The van der Waals surface area contributed by atoms with Gasteiger partial charge in [0.2, 0.25) is 18.6 Å². The number of amides is 2. The second-order valence-corrected chi connectivity index (χ2v) is 5.99. The van der Waals surface area contributed by atoms with E-state index in [2.05, 4.69) is 19.2 Å². The lowest BCUT2D eigenvalue weighted by atomic mass is 10.1. The Morgan fingerprint density at radius 2 is 2.00 bits per heavy atom. The van der Waals surface area contributed by atoms with Crippen molar-refractivity contribution in [2.24, 2.45) is 5.92 Å². The molecule has 2 amide bonds. The first-order valence-corrected chi connectivity index (χ1v) is 7.92. The fourth-order valence-electron chi connectivity index (χ4n) is 2.32. The number of fused-ring (bicyclic) bond motifs is 1. The summed E-state index contributed by atoms with van der Waals surface area (Å²) in [4.78, 5) is 25.3. The largest absolute Gasteiger partial charge is 0.454 e. The Balaban J connectivity index is 1.92. The molecule has 0 aliphatic carbocycles. The van der Waals surface area contributed by atoms with Crippen LogP contribution in [0.3, 0.4) is 0 Å². The molecule has 0 unspecified atom stereocenters. The summed E-state index contributed by atoms with van der Waals surface area (Å²) in [5.41, 5.74) is 0.705. The fourth-order valence-corrected chi connectivity index (χ4v) is 2.32. The van der Waals surface area contributed by atoms with Crippen LogP contribution in [0.25, 0.3) is 0 Å². The predicted octanol–water partition coefficient (Wildman–Crippen LogP) is 2.32. The lowest BCUT2D eigenvalue weighted by Gasteiger charge is -2.21. The lowest BCUT2D eigenvalue weighted by Crippen LogP contribution is -2.34. The van der Waals surface area contributed by atoms with Gasteiger partial charge < -0.3 is 19.7 Å². The Kier molecular flexibility index (Phi) is 5.84. The van der Waals surface area contributed by atoms with Crippen LogP contribution in [0.1, 0.15) is 33.6 Å². The van der Waals surface area contributed by atoms with Crippen molar-refractivity contribution in [1.82, 2.24) is 5.32 Å². The molecule has 1 aromatic carbocycles. The van der Waals surface area contributed by atoms with E-state index in [0.717, 1.165) is 6.42 Å². The minimum atomic E-state index is -0.112. The highest BCUT2D eigenvalue weighted by molar-refractivity contribution is 5.92. The molecule has 1 aliphatic heterocycles. The molecule has 0 radical (unpaired) electrons. The summed E-state index contributed by atoms with van der Waals surface area (Å²) in [6, 6.07) is 5.34. The van der Waals surface area contributed by atoms with Gasteiger partial charge in [0.05, 0.1) is 0 Å². The molecule has 0 bridgehead atoms. The van der Waals surface area contributed by atoms with E-state index in [9.17, 15) is 9.59 Å². The Hall–Kier alpha value is -2.24. The first kappa shape index (κ1) is 17.1. The minimum Gasteiger partial charge on any atom is -0.454 e. The maximum absolute atomic E-state index is 11.9. The molecule has 0 saturated carbocycles. The van der Waals surface area contributed by atoms with Gasteiger partial charge in [-0.3, -0.25) is 9.59 Å². The second kappa shape index (κ2) is 7.85. The molecule has 0 aromatic heterocycles. The third-order valence-corrected chi connectivity index (χ3v) is 3.65. The summed E-state index contributed by atoms with van der Waals surface area (Å²) in [5, 5.41) is 2.88. The minimum absolute atomic E-state index is 0.0438. The molecule has 0 spiro atoms. The standard InChI is InChI=1S/C17H24N2O4/c1-12(2)6-8-18-17(21)7-9-19(13(3)20)14-4-5-15-16(10-14)23-11-22-15/h4-5,10,12H,6-9,11H2,1-3H3,(H,18,21). The summed E-state index contributed by atoms with van der Waals surface area (Å²) in [6.45, 7) is 6.91. The molecule has 1 aromatic rings. The summed E-state index contributed by atoms with van der Waals surface area (Å²) in [6.07, 6.45) is 1.22. The van der Waals surface area contributed by atoms with Crippen LogP contribution in [0.15, 0.2) is 18.2 Å². The Morgan fingerprint density at radius 3 is 2.70 bits per heavy atom. The molecule has 1 N–H and O–H groups in total. The zero-order chi connectivity index (χ0) is 16.8. The molecule has 126 valence electrons. The number of ether oxygens (including phenoxy) is 2. The molecule has 23 heavy (non-hydrogen) atoms. The highest BCUT2D eigenvalue weighted by Crippen LogP contribution is 2.35. The summed E-state index contributed by atoms with van der Waals surface area (Å²) in [7, 11) is 0. The zero-order valence-electron chi connectivity index (χ0n) is 13.9. The van der Waals surface area contributed by atoms with Gasteiger partial charge in [0.25, 0.3) is 0 Å². The normalized spacial score (nSPS) is 12.3. The SMILES string of the molecule is CC(=O)N(CCC(=O)NCCC(C)C)c1ccc2c(c1)OCO2. The van der Waals surface area contributed by atoms with E-state index >= 15 is 0 Å². The van der Waals surface area contributed by atoms with Crippen molar-refractivity contribution < 1.29 is 19.1 Å². The van der Waals surface area contributed by atoms with Crippen LogP contribution in [-0.4, -0.2) is 31.7 Å². The maximum atomic E-state index is 11.9. The monoisotopic (exact) mass is 320 g/mol. The van der Waals surface area contributed by atoms with Gasteiger partial charge in [-0.25, -0.2) is 0 Å². The number of benzene rings is 1. The molecule has 2 rings (SSSR count). The van der Waals surface area contributed by atoms with Crippen molar-refractivity contribution in [3.8, 4) is 11.5 Å². The summed E-state index contributed by atoms with van der Waals surface area (Å²) < 4.78 is 10.6. The molecule has 0 atom stereocenters. The molecule has 0 saturated heterocycles. The zero-order valence-corrected chi connectivity index (χ0v) is 13.9. The first-order chi connectivity index (χ1) is 11.0. The average molecular weight is 320 g/mol. The smallest absolute Gasteiger partial charge is 0.231 e. The molecule has 1 aliphatic rings. The van der Waals surface area contributed by atoms with Crippen LogP contribution in [0, 0.1) is 5.92 Å². The van der Waals surface area contributed by atoms with E-state index in [1.165, 1.54) is 6.92 Å². The van der Waals surface area contributed by atoms with Gasteiger partial charge in [-0.2, -0.15) is 0 Å². The predicted molar refractivity (Wildman–Crippen MR) is 87.7 cm³/mol. The molecular weight excluding hydrogens is 296 g/mol. The Bertz CT molecular complexity index is 572. The Morgan fingerprint density at radius 1 is 1.26 bits per heavy atom. The van der Waals surface area contributed by atoms with Crippen molar-refractivity contribution >= 4 is 17.5 Å². The average Bonchev–Trinajstić information content (AvgIpc) is 2.94. The number of carbonyl (C=O) groups is 2. The van der Waals surface area contributed by atoms with Gasteiger partial charge in [0.1, 0.15) is 0 Å². The van der Waals surface area contributed by atoms with E-state index in [0.29, 0.717) is 36.2 Å². The van der Waals surface area contributed by atoms with Crippen LogP contribution >= 0.6 is 0 Å². The van der Waals surface area contributed by atoms with Crippen LogP contribution in [-0.2, 0) is 9.59 Å². The number of rotatable bonds is 7. The molecule has 0 fully saturated rings. The quantitative estimate of drug-likeness (QED) is 0.837. The summed E-state index contributed by atoms with van der Waals surface area (Å²) in [5.74, 6) is 1.69. The Labute approximate surface area is 136 Å². The van der Waals surface area contributed by atoms with Crippen molar-refractivity contribution in [3.63, 3.8) is 0 Å². The number of hydrogen-bond donors (Lipinski definition) is 1. The van der Waals surface area contributed by atoms with E-state index in [1.54, 1.807) is 23.1 Å². The van der Waals surface area contributed by atoms with Crippen molar-refractivity contribution in [1.29, 1.82) is 0 Å². The third-order valence-electron chi connectivity index (χ3n) is 3.65. The van der Waals surface area contributed by atoms with Gasteiger partial charge in [0.15, 0.2) is 11.5 Å². The van der Waals surface area contributed by atoms with Crippen molar-refractivity contribution in [3.05, 3.63) is 18.2 Å². The molecule has 6 nitrogen and oxygen atoms in total. The van der Waals surface area contributed by atoms with E-state index in [-0.39, 0.29) is 25.0 Å². The second-order valence-electron chi connectivity index (χ2n) is 5.99. The summed E-state index contributed by atoms with van der Waals surface area (Å²) >= 11 is 0. The molecule has 1 heterocycles. The van der Waals surface area contributed by atoms with Gasteiger partial charge >= 0.3 is 0 Å². The first-order valence-electron chi connectivity index (χ1n) is 7.92. The van der Waals surface area contributed by atoms with Gasteiger partial charge in [0, 0.05) is 38.2 Å². The lowest BCUT2D eigenvalue weighted by molar-refractivity contribution is -0.121. The van der Waals surface area contributed by atoms with E-state index in [4.69, 9.17) is 9.47 Å². The van der Waals surface area contributed by atoms with Crippen molar-refractivity contribution in [2.75, 3.05) is 24.8 Å². The van der Waals surface area contributed by atoms with E-state index in [1.807, 2.05) is 0 Å². The van der Waals surface area contributed by atoms with Gasteiger partial charge in [-0.05, 0) is 24.5 Å². The number of nitrogens with one attached hydrogen (secondary N) is 1. The highest BCUT2D eigenvalue weighted by atomic mass is 16.7. The maximum Gasteiger partial charge on any atom is 0.231 e. The van der Waals surface area contributed by atoms with Crippen LogP contribution in [0.2, 0.25) is 0 Å². The van der Waals surface area contributed by atoms with Gasteiger partial charge in [-0.15, -0.1) is 0 Å². The molecule has 6 heteroatoms. The van der Waals surface area contributed by atoms with Crippen LogP contribution in [0.5, 0.6) is 11.5 Å². The van der Waals surface area contributed by atoms with E-state index < -0.39 is 0 Å². The number of hydrogen-bond acceptors (Lipinski definition) is 4. The number of nitrogens with zero attached hydrogens (tertiary/aromatic N) is 1. The van der Waals surface area contributed by atoms with Crippen LogP contribution in [0.4, 0.5) is 5.69 Å². The number of anilines is 1. The van der Waals surface area contributed by atoms with Crippen molar-refractivity contribution in [2.45, 2.75) is 33.6 Å². The van der Waals surface area contributed by atoms with Crippen LogP contribution < -0.4 is 19.7 Å². The number of carbonyl (C=O) groups excluding carboxylic acids is 2. The third kappa shape index (κ3) is 4.87. The topological polar surface area (TPSA) is 67.9 Å². The highest BCUT2D eigenvalue weighted by Gasteiger charge is 2.18.